The van der Waals surface area contributed by atoms with E-state index < -0.39 is 11.6 Å². The topological polar surface area (TPSA) is 84.3 Å². The molecule has 0 saturated heterocycles. The average Bonchev–Trinajstić information content (AvgIpc) is 2.84. The van der Waals surface area contributed by atoms with Crippen molar-refractivity contribution >= 4 is 34.4 Å². The van der Waals surface area contributed by atoms with E-state index >= 15 is 0 Å². The number of carbonyl (C=O) groups excluding carboxylic acids is 2. The first kappa shape index (κ1) is 23.9. The van der Waals surface area contributed by atoms with Crippen LogP contribution in [-0.2, 0) is 16.1 Å². The van der Waals surface area contributed by atoms with Crippen LogP contribution in [0.5, 0.6) is 0 Å². The van der Waals surface area contributed by atoms with Gasteiger partial charge in [-0.15, -0.1) is 0 Å². The van der Waals surface area contributed by atoms with Crippen molar-refractivity contribution in [3.63, 3.8) is 0 Å². The molecule has 0 bridgehead atoms. The van der Waals surface area contributed by atoms with Gasteiger partial charge in [-0.2, -0.15) is 0 Å². The number of benzene rings is 3. The third-order valence-electron chi connectivity index (χ3n) is 6.09. The molecule has 1 heterocycles. The number of para-hydroxylation sites is 2. The molecule has 0 aliphatic heterocycles. The highest BCUT2D eigenvalue weighted by atomic mass is 16.2. The van der Waals surface area contributed by atoms with Gasteiger partial charge in [-0.3, -0.25) is 23.9 Å². The van der Waals surface area contributed by atoms with Crippen LogP contribution in [-0.4, -0.2) is 21.4 Å². The summed E-state index contributed by atoms with van der Waals surface area (Å²) in [6.07, 6.45) is 0. The van der Waals surface area contributed by atoms with E-state index in [9.17, 15) is 14.4 Å². The molecular formula is C28H28N4O3. The summed E-state index contributed by atoms with van der Waals surface area (Å²) in [5.41, 5.74) is 4.18. The number of hydrogen-bond donors (Lipinski definition) is 1. The summed E-state index contributed by atoms with van der Waals surface area (Å²) in [6, 6.07) is 21.4. The Morgan fingerprint density at radius 1 is 0.971 bits per heavy atom. The molecule has 1 N–H and O–H groups in total. The maximum absolute atomic E-state index is 13.8. The van der Waals surface area contributed by atoms with Gasteiger partial charge in [0.2, 0.25) is 17.6 Å². The normalized spacial score (nSPS) is 11.8. The molecule has 7 nitrogen and oxygen atoms in total. The Kier molecular flexibility index (Phi) is 6.78. The molecule has 0 radical (unpaired) electrons. The second kappa shape index (κ2) is 9.93. The zero-order valence-electron chi connectivity index (χ0n) is 20.3. The van der Waals surface area contributed by atoms with Crippen LogP contribution >= 0.6 is 0 Å². The van der Waals surface area contributed by atoms with Crippen molar-refractivity contribution in [2.45, 2.75) is 40.3 Å². The quantitative estimate of drug-likeness (QED) is 0.442. The number of rotatable bonds is 6. The lowest BCUT2D eigenvalue weighted by atomic mass is 10.1. The largest absolute Gasteiger partial charge is 0.324 e. The number of hydrogen-bond acceptors (Lipinski definition) is 4. The molecule has 0 aliphatic rings. The summed E-state index contributed by atoms with van der Waals surface area (Å²) in [5.74, 6) is -0.655. The highest BCUT2D eigenvalue weighted by molar-refractivity contribution is 5.95. The Hall–Kier alpha value is -4.26. The van der Waals surface area contributed by atoms with Gasteiger partial charge in [0, 0.05) is 12.6 Å². The maximum Gasteiger partial charge on any atom is 0.295 e. The Labute approximate surface area is 204 Å². The summed E-state index contributed by atoms with van der Waals surface area (Å²) in [7, 11) is 0. The first-order valence-corrected chi connectivity index (χ1v) is 11.5. The van der Waals surface area contributed by atoms with Crippen LogP contribution in [0.3, 0.4) is 0 Å². The highest BCUT2D eigenvalue weighted by Gasteiger charge is 2.25. The third kappa shape index (κ3) is 4.99. The number of anilines is 2. The summed E-state index contributed by atoms with van der Waals surface area (Å²) >= 11 is 0. The number of carbonyl (C=O) groups is 2. The molecule has 0 fully saturated rings. The van der Waals surface area contributed by atoms with Crippen LogP contribution in [0.15, 0.2) is 77.6 Å². The first-order chi connectivity index (χ1) is 16.8. The predicted molar refractivity (Wildman–Crippen MR) is 139 cm³/mol. The predicted octanol–water partition coefficient (Wildman–Crippen LogP) is 4.77. The lowest BCUT2D eigenvalue weighted by molar-refractivity contribution is -0.118. The van der Waals surface area contributed by atoms with E-state index in [0.29, 0.717) is 16.7 Å². The second-order valence-corrected chi connectivity index (χ2v) is 8.66. The third-order valence-corrected chi connectivity index (χ3v) is 6.09. The van der Waals surface area contributed by atoms with E-state index in [0.717, 1.165) is 16.7 Å². The fraction of sp³-hybridized carbons (Fsp3) is 0.214. The molecule has 2 amide bonds. The second-order valence-electron chi connectivity index (χ2n) is 8.66. The number of nitrogens with one attached hydrogen (secondary N) is 1. The van der Waals surface area contributed by atoms with Crippen LogP contribution < -0.4 is 15.8 Å². The van der Waals surface area contributed by atoms with Crippen molar-refractivity contribution in [3.05, 3.63) is 99.8 Å². The van der Waals surface area contributed by atoms with Gasteiger partial charge in [-0.05, 0) is 56.2 Å². The summed E-state index contributed by atoms with van der Waals surface area (Å²) in [5, 5.41) is 2.88. The van der Waals surface area contributed by atoms with Crippen molar-refractivity contribution in [1.29, 1.82) is 0 Å². The van der Waals surface area contributed by atoms with E-state index in [1.807, 2.05) is 68.4 Å². The van der Waals surface area contributed by atoms with Crippen molar-refractivity contribution < 1.29 is 9.59 Å². The highest BCUT2D eigenvalue weighted by Crippen LogP contribution is 2.22. The molecule has 3 aromatic carbocycles. The fourth-order valence-electron chi connectivity index (χ4n) is 4.00. The molecule has 0 saturated carbocycles. The number of amides is 2. The molecule has 0 aliphatic carbocycles. The van der Waals surface area contributed by atoms with Crippen molar-refractivity contribution in [2.24, 2.45) is 0 Å². The molecule has 1 atom stereocenters. The molecule has 7 heteroatoms. The summed E-state index contributed by atoms with van der Waals surface area (Å²) in [4.78, 5) is 45.6. The summed E-state index contributed by atoms with van der Waals surface area (Å²) in [6.45, 7) is 7.20. The fourth-order valence-corrected chi connectivity index (χ4v) is 4.00. The van der Waals surface area contributed by atoms with E-state index in [1.54, 1.807) is 25.1 Å². The van der Waals surface area contributed by atoms with E-state index in [2.05, 4.69) is 10.3 Å². The standard InChI is InChI=1S/C28H28N4O3/c1-18-13-15-23(16-14-18)29-27(34)20(3)32-25-12-8-7-11-24(25)30-26(28(32)35)31(21(4)33)17-22-10-6-5-9-19(22)2/h5-16,20H,17H2,1-4H3,(H,29,34)/t20-/m0/s1. The van der Waals surface area contributed by atoms with Crippen LogP contribution in [0.4, 0.5) is 11.5 Å². The average molecular weight is 469 g/mol. The van der Waals surface area contributed by atoms with E-state index in [-0.39, 0.29) is 24.2 Å². The van der Waals surface area contributed by atoms with E-state index in [4.69, 9.17) is 0 Å². The molecule has 0 unspecified atom stereocenters. The minimum Gasteiger partial charge on any atom is -0.324 e. The Morgan fingerprint density at radius 3 is 2.31 bits per heavy atom. The van der Waals surface area contributed by atoms with Gasteiger partial charge in [0.05, 0.1) is 17.6 Å². The van der Waals surface area contributed by atoms with Gasteiger partial charge in [0.15, 0.2) is 0 Å². The number of aromatic nitrogens is 2. The molecule has 178 valence electrons. The maximum atomic E-state index is 13.8. The van der Waals surface area contributed by atoms with Gasteiger partial charge in [-0.1, -0.05) is 54.1 Å². The summed E-state index contributed by atoms with van der Waals surface area (Å²) < 4.78 is 1.41. The lowest BCUT2D eigenvalue weighted by Crippen LogP contribution is -2.39. The number of nitrogens with zero attached hydrogens (tertiary/aromatic N) is 3. The van der Waals surface area contributed by atoms with Crippen molar-refractivity contribution in [2.75, 3.05) is 10.2 Å². The molecule has 1 aromatic heterocycles. The smallest absolute Gasteiger partial charge is 0.295 e. The van der Waals surface area contributed by atoms with Gasteiger partial charge >= 0.3 is 0 Å². The Bertz CT molecular complexity index is 1460. The van der Waals surface area contributed by atoms with Crippen LogP contribution in [0, 0.1) is 13.8 Å². The molecule has 4 rings (SSSR count). The molecule has 4 aromatic rings. The van der Waals surface area contributed by atoms with Gasteiger partial charge in [0.25, 0.3) is 5.56 Å². The van der Waals surface area contributed by atoms with Crippen LogP contribution in [0.2, 0.25) is 0 Å². The van der Waals surface area contributed by atoms with Crippen molar-refractivity contribution in [1.82, 2.24) is 9.55 Å². The number of fused-ring (bicyclic) bond motifs is 1. The van der Waals surface area contributed by atoms with Crippen molar-refractivity contribution in [3.8, 4) is 0 Å². The van der Waals surface area contributed by atoms with Gasteiger partial charge in [0.1, 0.15) is 6.04 Å². The van der Waals surface area contributed by atoms with Crippen LogP contribution in [0.1, 0.15) is 36.6 Å². The minimum absolute atomic E-state index is 0.00515. The zero-order valence-corrected chi connectivity index (χ0v) is 20.3. The monoisotopic (exact) mass is 468 g/mol. The van der Waals surface area contributed by atoms with E-state index in [1.165, 1.54) is 16.4 Å². The first-order valence-electron chi connectivity index (χ1n) is 11.5. The van der Waals surface area contributed by atoms with Crippen LogP contribution in [0.25, 0.3) is 11.0 Å². The SMILES string of the molecule is CC(=O)N(Cc1ccccc1C)c1nc2ccccc2n([C@@H](C)C(=O)Nc2ccc(C)cc2)c1=O. The van der Waals surface area contributed by atoms with Gasteiger partial charge < -0.3 is 5.32 Å². The van der Waals surface area contributed by atoms with Gasteiger partial charge in [-0.25, -0.2) is 4.98 Å². The minimum atomic E-state index is -0.845. The molecule has 0 spiro atoms. The lowest BCUT2D eigenvalue weighted by Gasteiger charge is -2.24. The Balaban J connectivity index is 1.80. The molecular weight excluding hydrogens is 440 g/mol. The molecule has 35 heavy (non-hydrogen) atoms. The number of aryl methyl sites for hydroxylation is 2. The Morgan fingerprint density at radius 2 is 1.63 bits per heavy atom. The zero-order chi connectivity index (χ0) is 25.1.